The number of ether oxygens (including phenoxy) is 1. The van der Waals surface area contributed by atoms with E-state index in [-0.39, 0.29) is 18.2 Å². The maximum Gasteiger partial charge on any atom is 0.228 e. The lowest BCUT2D eigenvalue weighted by atomic mass is 9.89. The topological polar surface area (TPSA) is 70.7 Å². The molecule has 0 aliphatic carbocycles. The standard InChI is InChI=1S/C22H25N3O3/c1-28-19-9-4-7-16-17(14-20(26)24-21(16)19)22(27)23-11-5-12-25-13-10-15-6-2-3-8-18(15)25/h2-4,6-9,17H,5,10-14H2,1H3,(H,23,27)(H,24,26)/t17-/m0/s1. The molecule has 0 saturated carbocycles. The van der Waals surface area contributed by atoms with Crippen molar-refractivity contribution in [3.05, 3.63) is 53.6 Å². The van der Waals surface area contributed by atoms with Crippen LogP contribution in [0.4, 0.5) is 11.4 Å². The molecule has 0 unspecified atom stereocenters. The summed E-state index contributed by atoms with van der Waals surface area (Å²) in [6, 6.07) is 14.0. The Balaban J connectivity index is 1.34. The number of hydrogen-bond acceptors (Lipinski definition) is 4. The summed E-state index contributed by atoms with van der Waals surface area (Å²) in [5, 5.41) is 5.84. The summed E-state index contributed by atoms with van der Waals surface area (Å²) in [4.78, 5) is 27.2. The number of rotatable bonds is 6. The number of anilines is 2. The van der Waals surface area contributed by atoms with E-state index in [4.69, 9.17) is 4.74 Å². The normalized spacial score (nSPS) is 17.5. The minimum atomic E-state index is -0.480. The molecule has 0 bridgehead atoms. The molecule has 0 fully saturated rings. The lowest BCUT2D eigenvalue weighted by molar-refractivity contribution is -0.126. The van der Waals surface area contributed by atoms with E-state index in [0.717, 1.165) is 31.5 Å². The van der Waals surface area contributed by atoms with Crippen LogP contribution in [0.3, 0.4) is 0 Å². The van der Waals surface area contributed by atoms with Gasteiger partial charge in [-0.2, -0.15) is 0 Å². The number of nitrogens with one attached hydrogen (secondary N) is 2. The van der Waals surface area contributed by atoms with Crippen molar-refractivity contribution >= 4 is 23.2 Å². The Morgan fingerprint density at radius 3 is 2.96 bits per heavy atom. The minimum Gasteiger partial charge on any atom is -0.495 e. The van der Waals surface area contributed by atoms with Crippen LogP contribution >= 0.6 is 0 Å². The number of carbonyl (C=O) groups is 2. The van der Waals surface area contributed by atoms with Crippen LogP contribution in [0.15, 0.2) is 42.5 Å². The predicted molar refractivity (Wildman–Crippen MR) is 109 cm³/mol. The molecule has 0 radical (unpaired) electrons. The van der Waals surface area contributed by atoms with Crippen molar-refractivity contribution in [1.29, 1.82) is 0 Å². The third kappa shape index (κ3) is 3.54. The maximum absolute atomic E-state index is 12.8. The highest BCUT2D eigenvalue weighted by Crippen LogP contribution is 2.38. The van der Waals surface area contributed by atoms with Gasteiger partial charge in [-0.3, -0.25) is 9.59 Å². The van der Waals surface area contributed by atoms with Gasteiger partial charge in [-0.15, -0.1) is 0 Å². The molecule has 2 aromatic rings. The van der Waals surface area contributed by atoms with Gasteiger partial charge in [-0.25, -0.2) is 0 Å². The SMILES string of the molecule is COc1cccc2c1NC(=O)C[C@@H]2C(=O)NCCCN1CCc2ccccc21. The van der Waals surface area contributed by atoms with Crippen LogP contribution in [0.1, 0.15) is 29.9 Å². The molecule has 4 rings (SSSR count). The Bertz CT molecular complexity index is 896. The molecule has 146 valence electrons. The van der Waals surface area contributed by atoms with E-state index in [0.29, 0.717) is 18.0 Å². The van der Waals surface area contributed by atoms with Crippen LogP contribution in [0.2, 0.25) is 0 Å². The zero-order chi connectivity index (χ0) is 19.5. The van der Waals surface area contributed by atoms with Crippen molar-refractivity contribution in [2.75, 3.05) is 37.0 Å². The van der Waals surface area contributed by atoms with Crippen molar-refractivity contribution in [1.82, 2.24) is 5.32 Å². The van der Waals surface area contributed by atoms with E-state index in [2.05, 4.69) is 39.8 Å². The Hall–Kier alpha value is -3.02. The molecule has 0 aromatic heterocycles. The molecule has 2 heterocycles. The van der Waals surface area contributed by atoms with E-state index in [1.807, 2.05) is 12.1 Å². The molecule has 28 heavy (non-hydrogen) atoms. The number of para-hydroxylation sites is 2. The smallest absolute Gasteiger partial charge is 0.228 e. The predicted octanol–water partition coefficient (Wildman–Crippen LogP) is 2.69. The van der Waals surface area contributed by atoms with Crippen LogP contribution in [-0.2, 0) is 16.0 Å². The van der Waals surface area contributed by atoms with Gasteiger partial charge < -0.3 is 20.3 Å². The van der Waals surface area contributed by atoms with Crippen LogP contribution in [0.25, 0.3) is 0 Å². The van der Waals surface area contributed by atoms with E-state index < -0.39 is 5.92 Å². The first kappa shape index (κ1) is 18.3. The first-order chi connectivity index (χ1) is 13.7. The van der Waals surface area contributed by atoms with Gasteiger partial charge in [-0.05, 0) is 36.1 Å². The third-order valence-corrected chi connectivity index (χ3v) is 5.51. The quantitative estimate of drug-likeness (QED) is 0.757. The monoisotopic (exact) mass is 379 g/mol. The Labute approximate surface area is 164 Å². The molecule has 0 spiro atoms. The molecule has 2 N–H and O–H groups in total. The highest BCUT2D eigenvalue weighted by atomic mass is 16.5. The summed E-state index contributed by atoms with van der Waals surface area (Å²) < 4.78 is 5.32. The van der Waals surface area contributed by atoms with Crippen molar-refractivity contribution in [3.8, 4) is 5.75 Å². The molecular weight excluding hydrogens is 354 g/mol. The summed E-state index contributed by atoms with van der Waals surface area (Å²) in [6.07, 6.45) is 2.10. The van der Waals surface area contributed by atoms with Crippen molar-refractivity contribution < 1.29 is 14.3 Å². The fourth-order valence-corrected chi connectivity index (χ4v) is 4.11. The van der Waals surface area contributed by atoms with Gasteiger partial charge in [0.25, 0.3) is 0 Å². The lowest BCUT2D eigenvalue weighted by Crippen LogP contribution is -2.36. The van der Waals surface area contributed by atoms with Crippen LogP contribution in [-0.4, -0.2) is 38.6 Å². The van der Waals surface area contributed by atoms with Crippen molar-refractivity contribution in [2.24, 2.45) is 0 Å². The second-order valence-electron chi connectivity index (χ2n) is 7.24. The van der Waals surface area contributed by atoms with Crippen LogP contribution in [0, 0.1) is 0 Å². The van der Waals surface area contributed by atoms with Gasteiger partial charge in [0.2, 0.25) is 11.8 Å². The van der Waals surface area contributed by atoms with Gasteiger partial charge >= 0.3 is 0 Å². The Morgan fingerprint density at radius 2 is 2.11 bits per heavy atom. The van der Waals surface area contributed by atoms with E-state index >= 15 is 0 Å². The molecule has 0 saturated heterocycles. The Kier molecular flexibility index (Phi) is 5.19. The zero-order valence-corrected chi connectivity index (χ0v) is 16.0. The second kappa shape index (κ2) is 7.92. The molecule has 6 nitrogen and oxygen atoms in total. The maximum atomic E-state index is 12.8. The van der Waals surface area contributed by atoms with E-state index in [9.17, 15) is 9.59 Å². The van der Waals surface area contributed by atoms with Crippen molar-refractivity contribution in [2.45, 2.75) is 25.2 Å². The minimum absolute atomic E-state index is 0.105. The fraction of sp³-hybridized carbons (Fsp3) is 0.364. The highest BCUT2D eigenvalue weighted by Gasteiger charge is 2.32. The van der Waals surface area contributed by atoms with E-state index in [1.54, 1.807) is 13.2 Å². The van der Waals surface area contributed by atoms with Gasteiger partial charge in [0.1, 0.15) is 5.75 Å². The zero-order valence-electron chi connectivity index (χ0n) is 16.0. The molecule has 6 heteroatoms. The Morgan fingerprint density at radius 1 is 1.25 bits per heavy atom. The highest BCUT2D eigenvalue weighted by molar-refractivity contribution is 6.02. The van der Waals surface area contributed by atoms with Gasteiger partial charge in [0, 0.05) is 31.7 Å². The van der Waals surface area contributed by atoms with Gasteiger partial charge in [0.05, 0.1) is 18.7 Å². The second-order valence-corrected chi connectivity index (χ2v) is 7.24. The lowest BCUT2D eigenvalue weighted by Gasteiger charge is -2.26. The first-order valence-corrected chi connectivity index (χ1v) is 9.74. The van der Waals surface area contributed by atoms with Crippen LogP contribution in [0.5, 0.6) is 5.75 Å². The number of nitrogens with zero attached hydrogens (tertiary/aromatic N) is 1. The average Bonchev–Trinajstić information content (AvgIpc) is 3.13. The fourth-order valence-electron chi connectivity index (χ4n) is 4.11. The van der Waals surface area contributed by atoms with Gasteiger partial charge in [0.15, 0.2) is 0 Å². The first-order valence-electron chi connectivity index (χ1n) is 9.74. The number of amides is 2. The number of hydrogen-bond donors (Lipinski definition) is 2. The third-order valence-electron chi connectivity index (χ3n) is 5.51. The summed E-state index contributed by atoms with van der Waals surface area (Å²) in [5.41, 5.74) is 4.11. The summed E-state index contributed by atoms with van der Waals surface area (Å²) in [5.74, 6) is -0.167. The number of benzene rings is 2. The van der Waals surface area contributed by atoms with E-state index in [1.165, 1.54) is 11.3 Å². The molecule has 2 aliphatic rings. The van der Waals surface area contributed by atoms with Gasteiger partial charge in [-0.1, -0.05) is 30.3 Å². The molecule has 2 amide bonds. The number of carbonyl (C=O) groups excluding carboxylic acids is 2. The number of methoxy groups -OCH3 is 1. The largest absolute Gasteiger partial charge is 0.495 e. The van der Waals surface area contributed by atoms with Crippen molar-refractivity contribution in [3.63, 3.8) is 0 Å². The number of fused-ring (bicyclic) bond motifs is 2. The van der Waals surface area contributed by atoms with Crippen LogP contribution < -0.4 is 20.3 Å². The molecule has 1 atom stereocenters. The summed E-state index contributed by atoms with van der Waals surface area (Å²) in [6.45, 7) is 2.53. The molecule has 2 aliphatic heterocycles. The molecule has 2 aromatic carbocycles. The molecular formula is C22H25N3O3. The summed E-state index contributed by atoms with van der Waals surface area (Å²) >= 11 is 0. The average molecular weight is 379 g/mol. The summed E-state index contributed by atoms with van der Waals surface area (Å²) in [7, 11) is 1.56.